The highest BCUT2D eigenvalue weighted by Gasteiger charge is 2.27. The zero-order valence-electron chi connectivity index (χ0n) is 14.4. The third-order valence-electron chi connectivity index (χ3n) is 5.06. The Balaban J connectivity index is 1.83. The molecule has 0 aliphatic carbocycles. The first-order valence-electron chi connectivity index (χ1n) is 8.96. The summed E-state index contributed by atoms with van der Waals surface area (Å²) in [5.74, 6) is 0.329. The maximum absolute atomic E-state index is 12.8. The van der Waals surface area contributed by atoms with Gasteiger partial charge in [0.1, 0.15) is 0 Å². The number of rotatable bonds is 5. The molecule has 2 aliphatic rings. The first kappa shape index (κ1) is 17.7. The topological polar surface area (TPSA) is 36.0 Å². The summed E-state index contributed by atoms with van der Waals surface area (Å²) in [6, 6.07) is 0.0450. The standard InChI is InChI=1S/C17H33N3O2/c1-16(19-9-5-3-4-6-10-19)17(21)20-11-7-8-18(12-13-20)14-15-22-2/h16H,3-15H2,1-2H3. The number of hydrogen-bond acceptors (Lipinski definition) is 4. The van der Waals surface area contributed by atoms with Crippen LogP contribution in [-0.4, -0.2) is 86.2 Å². The van der Waals surface area contributed by atoms with Gasteiger partial charge in [0.05, 0.1) is 12.6 Å². The maximum atomic E-state index is 12.8. The van der Waals surface area contributed by atoms with Crippen molar-refractivity contribution in [1.82, 2.24) is 14.7 Å². The van der Waals surface area contributed by atoms with Gasteiger partial charge in [-0.25, -0.2) is 0 Å². The van der Waals surface area contributed by atoms with Crippen LogP contribution in [0.4, 0.5) is 0 Å². The second-order valence-corrected chi connectivity index (χ2v) is 6.64. The van der Waals surface area contributed by atoms with Crippen molar-refractivity contribution in [3.8, 4) is 0 Å². The van der Waals surface area contributed by atoms with Crippen molar-refractivity contribution in [2.24, 2.45) is 0 Å². The van der Waals surface area contributed by atoms with Crippen molar-refractivity contribution >= 4 is 5.91 Å². The fourth-order valence-corrected chi connectivity index (χ4v) is 3.54. The van der Waals surface area contributed by atoms with E-state index in [0.717, 1.165) is 58.8 Å². The molecule has 5 nitrogen and oxygen atoms in total. The zero-order valence-corrected chi connectivity index (χ0v) is 14.4. The zero-order chi connectivity index (χ0) is 15.8. The van der Waals surface area contributed by atoms with Gasteiger partial charge >= 0.3 is 0 Å². The van der Waals surface area contributed by atoms with E-state index in [1.807, 2.05) is 0 Å². The van der Waals surface area contributed by atoms with Gasteiger partial charge in [0.15, 0.2) is 0 Å². The smallest absolute Gasteiger partial charge is 0.239 e. The van der Waals surface area contributed by atoms with Crippen LogP contribution < -0.4 is 0 Å². The Labute approximate surface area is 135 Å². The van der Waals surface area contributed by atoms with E-state index in [0.29, 0.717) is 5.91 Å². The van der Waals surface area contributed by atoms with Crippen LogP contribution in [0.15, 0.2) is 0 Å². The second kappa shape index (κ2) is 9.48. The van der Waals surface area contributed by atoms with E-state index in [1.54, 1.807) is 7.11 Å². The van der Waals surface area contributed by atoms with Crippen molar-refractivity contribution in [3.63, 3.8) is 0 Å². The first-order chi connectivity index (χ1) is 10.7. The molecule has 128 valence electrons. The molecule has 0 aromatic heterocycles. The molecule has 2 aliphatic heterocycles. The van der Waals surface area contributed by atoms with Crippen LogP contribution in [-0.2, 0) is 9.53 Å². The van der Waals surface area contributed by atoms with Gasteiger partial charge in [0.2, 0.25) is 5.91 Å². The van der Waals surface area contributed by atoms with Gasteiger partial charge in [-0.05, 0) is 45.8 Å². The highest BCUT2D eigenvalue weighted by Crippen LogP contribution is 2.15. The number of methoxy groups -OCH3 is 1. The molecule has 0 aromatic carbocycles. The number of likely N-dealkylation sites (tertiary alicyclic amines) is 1. The molecule has 0 spiro atoms. The summed E-state index contributed by atoms with van der Waals surface area (Å²) in [6.07, 6.45) is 6.18. The van der Waals surface area contributed by atoms with E-state index in [-0.39, 0.29) is 6.04 Å². The van der Waals surface area contributed by atoms with Gasteiger partial charge in [0.25, 0.3) is 0 Å². The third kappa shape index (κ3) is 5.21. The first-order valence-corrected chi connectivity index (χ1v) is 8.96. The number of hydrogen-bond donors (Lipinski definition) is 0. The van der Waals surface area contributed by atoms with Crippen LogP contribution in [0.5, 0.6) is 0 Å². The number of carbonyl (C=O) groups is 1. The quantitative estimate of drug-likeness (QED) is 0.770. The minimum absolute atomic E-state index is 0.0450. The Morgan fingerprint density at radius 1 is 0.955 bits per heavy atom. The monoisotopic (exact) mass is 311 g/mol. The van der Waals surface area contributed by atoms with Crippen LogP contribution in [0.1, 0.15) is 39.0 Å². The molecule has 0 bridgehead atoms. The molecule has 2 saturated heterocycles. The SMILES string of the molecule is COCCN1CCCN(C(=O)C(C)N2CCCCCC2)CC1. The summed E-state index contributed by atoms with van der Waals surface area (Å²) >= 11 is 0. The summed E-state index contributed by atoms with van der Waals surface area (Å²) < 4.78 is 5.16. The average Bonchev–Trinajstić information content (AvgIpc) is 2.94. The summed E-state index contributed by atoms with van der Waals surface area (Å²) in [6.45, 7) is 9.83. The molecule has 0 N–H and O–H groups in total. The number of amides is 1. The molecule has 2 rings (SSSR count). The van der Waals surface area contributed by atoms with E-state index in [1.165, 1.54) is 25.7 Å². The Kier molecular flexibility index (Phi) is 7.63. The maximum Gasteiger partial charge on any atom is 0.239 e. The van der Waals surface area contributed by atoms with Gasteiger partial charge < -0.3 is 9.64 Å². The molecule has 22 heavy (non-hydrogen) atoms. The lowest BCUT2D eigenvalue weighted by molar-refractivity contribution is -0.136. The molecule has 1 unspecified atom stereocenters. The Morgan fingerprint density at radius 3 is 2.36 bits per heavy atom. The Hall–Kier alpha value is -0.650. The molecule has 1 amide bonds. The molecule has 0 saturated carbocycles. The minimum Gasteiger partial charge on any atom is -0.383 e. The molecule has 0 radical (unpaired) electrons. The largest absolute Gasteiger partial charge is 0.383 e. The van der Waals surface area contributed by atoms with Gasteiger partial charge in [-0.3, -0.25) is 14.6 Å². The van der Waals surface area contributed by atoms with Crippen LogP contribution in [0, 0.1) is 0 Å². The van der Waals surface area contributed by atoms with Gasteiger partial charge in [-0.1, -0.05) is 12.8 Å². The minimum atomic E-state index is 0.0450. The van der Waals surface area contributed by atoms with Crippen LogP contribution in [0.3, 0.4) is 0 Å². The van der Waals surface area contributed by atoms with Crippen molar-refractivity contribution in [3.05, 3.63) is 0 Å². The van der Waals surface area contributed by atoms with Gasteiger partial charge in [0, 0.05) is 33.3 Å². The van der Waals surface area contributed by atoms with E-state index < -0.39 is 0 Å². The normalized spacial score (nSPS) is 23.8. The summed E-state index contributed by atoms with van der Waals surface area (Å²) in [5, 5.41) is 0. The molecule has 0 aromatic rings. The molecule has 2 fully saturated rings. The predicted molar refractivity (Wildman–Crippen MR) is 89.0 cm³/mol. The summed E-state index contributed by atoms with van der Waals surface area (Å²) in [4.78, 5) is 19.7. The number of ether oxygens (including phenoxy) is 1. The van der Waals surface area contributed by atoms with Crippen LogP contribution in [0.25, 0.3) is 0 Å². The van der Waals surface area contributed by atoms with Crippen LogP contribution >= 0.6 is 0 Å². The molecular formula is C17H33N3O2. The molecule has 5 heteroatoms. The molecular weight excluding hydrogens is 278 g/mol. The highest BCUT2D eigenvalue weighted by molar-refractivity contribution is 5.81. The lowest BCUT2D eigenvalue weighted by Gasteiger charge is -2.31. The Bertz CT molecular complexity index is 330. The van der Waals surface area contributed by atoms with E-state index >= 15 is 0 Å². The van der Waals surface area contributed by atoms with Crippen molar-refractivity contribution in [2.75, 3.05) is 59.5 Å². The fourth-order valence-electron chi connectivity index (χ4n) is 3.54. The summed E-state index contributed by atoms with van der Waals surface area (Å²) in [5.41, 5.74) is 0. The third-order valence-corrected chi connectivity index (χ3v) is 5.06. The van der Waals surface area contributed by atoms with Crippen molar-refractivity contribution in [1.29, 1.82) is 0 Å². The molecule has 2 heterocycles. The van der Waals surface area contributed by atoms with E-state index in [2.05, 4.69) is 21.6 Å². The lowest BCUT2D eigenvalue weighted by atomic mass is 10.2. The van der Waals surface area contributed by atoms with E-state index in [4.69, 9.17) is 4.74 Å². The van der Waals surface area contributed by atoms with Crippen LogP contribution in [0.2, 0.25) is 0 Å². The van der Waals surface area contributed by atoms with Crippen molar-refractivity contribution in [2.45, 2.75) is 45.1 Å². The fraction of sp³-hybridized carbons (Fsp3) is 0.941. The van der Waals surface area contributed by atoms with Gasteiger partial charge in [-0.2, -0.15) is 0 Å². The second-order valence-electron chi connectivity index (χ2n) is 6.64. The highest BCUT2D eigenvalue weighted by atomic mass is 16.5. The summed E-state index contributed by atoms with van der Waals surface area (Å²) in [7, 11) is 1.75. The Morgan fingerprint density at radius 2 is 1.68 bits per heavy atom. The molecule has 1 atom stereocenters. The number of nitrogens with zero attached hydrogens (tertiary/aromatic N) is 3. The predicted octanol–water partition coefficient (Wildman–Crippen LogP) is 1.43. The van der Waals surface area contributed by atoms with E-state index in [9.17, 15) is 4.79 Å². The van der Waals surface area contributed by atoms with Crippen molar-refractivity contribution < 1.29 is 9.53 Å². The average molecular weight is 311 g/mol. The van der Waals surface area contributed by atoms with Gasteiger partial charge in [-0.15, -0.1) is 0 Å². The lowest BCUT2D eigenvalue weighted by Crippen LogP contribution is -2.48. The number of carbonyl (C=O) groups excluding carboxylic acids is 1.